The molecule has 0 aromatic carbocycles. The number of imidazole rings is 1. The van der Waals surface area contributed by atoms with Crippen LogP contribution in [0.1, 0.15) is 12.6 Å². The first-order valence-electron chi connectivity index (χ1n) is 5.59. The van der Waals surface area contributed by atoms with E-state index < -0.39 is 0 Å². The summed E-state index contributed by atoms with van der Waals surface area (Å²) >= 11 is 5.84. The Morgan fingerprint density at radius 3 is 3.06 bits per heavy atom. The minimum atomic E-state index is 0.361. The van der Waals surface area contributed by atoms with Crippen LogP contribution in [0.25, 0.3) is 0 Å². The summed E-state index contributed by atoms with van der Waals surface area (Å²) < 4.78 is 2.07. The van der Waals surface area contributed by atoms with E-state index in [1.807, 2.05) is 18.5 Å². The van der Waals surface area contributed by atoms with Crippen LogP contribution in [0.15, 0.2) is 36.3 Å². The minimum Gasteiger partial charge on any atom is -0.333 e. The van der Waals surface area contributed by atoms with E-state index in [4.69, 9.17) is 16.9 Å². The highest BCUT2D eigenvalue weighted by atomic mass is 35.5. The molecular weight excluding hydrogens is 234 g/mol. The Kier molecular flexibility index (Phi) is 3.65. The number of rotatable bonds is 3. The summed E-state index contributed by atoms with van der Waals surface area (Å²) in [4.78, 5) is 4.10. The van der Waals surface area contributed by atoms with Crippen molar-refractivity contribution < 1.29 is 0 Å². The van der Waals surface area contributed by atoms with Crippen molar-refractivity contribution in [3.8, 4) is 6.07 Å². The molecule has 4 heteroatoms. The summed E-state index contributed by atoms with van der Waals surface area (Å²) in [5.74, 6) is 1.23. The zero-order valence-corrected chi connectivity index (χ0v) is 10.4. The Labute approximate surface area is 106 Å². The molecule has 1 heterocycles. The van der Waals surface area contributed by atoms with E-state index in [0.717, 1.165) is 17.8 Å². The Hall–Kier alpha value is -1.53. The highest BCUT2D eigenvalue weighted by Gasteiger charge is 2.18. The molecule has 2 atom stereocenters. The Balaban J connectivity index is 2.10. The van der Waals surface area contributed by atoms with Gasteiger partial charge in [-0.2, -0.15) is 5.26 Å². The van der Waals surface area contributed by atoms with Gasteiger partial charge in [-0.1, -0.05) is 19.1 Å². The fourth-order valence-corrected chi connectivity index (χ4v) is 2.24. The highest BCUT2D eigenvalue weighted by molar-refractivity contribution is 6.16. The van der Waals surface area contributed by atoms with Crippen LogP contribution in [0, 0.1) is 23.2 Å². The summed E-state index contributed by atoms with van der Waals surface area (Å²) in [6, 6.07) is 2.17. The molecule has 17 heavy (non-hydrogen) atoms. The number of allylic oxidation sites excluding steroid dienone is 4. The summed E-state index contributed by atoms with van der Waals surface area (Å²) in [5.41, 5.74) is 1.78. The van der Waals surface area contributed by atoms with Crippen LogP contribution >= 0.6 is 11.6 Å². The van der Waals surface area contributed by atoms with Gasteiger partial charge in [0.15, 0.2) is 0 Å². The molecule has 0 amide bonds. The predicted molar refractivity (Wildman–Crippen MR) is 67.3 cm³/mol. The van der Waals surface area contributed by atoms with Gasteiger partial charge in [-0.3, -0.25) is 0 Å². The predicted octanol–water partition coefficient (Wildman–Crippen LogP) is 2.89. The van der Waals surface area contributed by atoms with E-state index in [9.17, 15) is 0 Å². The van der Waals surface area contributed by atoms with E-state index in [0.29, 0.717) is 17.7 Å². The van der Waals surface area contributed by atoms with Gasteiger partial charge < -0.3 is 4.57 Å². The van der Waals surface area contributed by atoms with Gasteiger partial charge in [0, 0.05) is 24.2 Å². The molecule has 1 aliphatic rings. The van der Waals surface area contributed by atoms with Crippen molar-refractivity contribution in [3.05, 3.63) is 42.0 Å². The lowest BCUT2D eigenvalue weighted by atomic mass is 9.87. The molecular formula is C13H14ClN3. The Bertz CT molecular complexity index is 493. The molecule has 0 saturated carbocycles. The molecule has 2 rings (SSSR count). The normalized spacial score (nSPS) is 23.2. The lowest BCUT2D eigenvalue weighted by molar-refractivity contribution is 0.429. The second-order valence-corrected chi connectivity index (χ2v) is 4.55. The molecule has 2 unspecified atom stereocenters. The lowest BCUT2D eigenvalue weighted by Crippen LogP contribution is -2.18. The van der Waals surface area contributed by atoms with Crippen LogP contribution in [-0.4, -0.2) is 9.55 Å². The van der Waals surface area contributed by atoms with Crippen LogP contribution in [0.4, 0.5) is 0 Å². The van der Waals surface area contributed by atoms with E-state index in [-0.39, 0.29) is 0 Å². The van der Waals surface area contributed by atoms with Crippen molar-refractivity contribution in [2.75, 3.05) is 0 Å². The van der Waals surface area contributed by atoms with Crippen molar-refractivity contribution in [2.45, 2.75) is 19.3 Å². The number of hydrogen-bond acceptors (Lipinski definition) is 2. The fourth-order valence-electron chi connectivity index (χ4n) is 2.02. The van der Waals surface area contributed by atoms with Gasteiger partial charge in [0.05, 0.1) is 24.0 Å². The zero-order valence-electron chi connectivity index (χ0n) is 9.68. The van der Waals surface area contributed by atoms with Crippen LogP contribution in [-0.2, 0) is 12.4 Å². The third-order valence-electron chi connectivity index (χ3n) is 3.11. The first kappa shape index (κ1) is 11.9. The van der Waals surface area contributed by atoms with Crippen molar-refractivity contribution in [2.24, 2.45) is 11.8 Å². The van der Waals surface area contributed by atoms with E-state index in [2.05, 4.69) is 28.6 Å². The van der Waals surface area contributed by atoms with E-state index >= 15 is 0 Å². The highest BCUT2D eigenvalue weighted by Crippen LogP contribution is 2.24. The first-order chi connectivity index (χ1) is 8.24. The van der Waals surface area contributed by atoms with Gasteiger partial charge in [0.1, 0.15) is 0 Å². The fraction of sp³-hybridized carbons (Fsp3) is 0.385. The number of alkyl halides is 1. The van der Waals surface area contributed by atoms with E-state index in [1.54, 1.807) is 6.20 Å². The maximum absolute atomic E-state index is 8.83. The van der Waals surface area contributed by atoms with Crippen molar-refractivity contribution >= 4 is 11.6 Å². The van der Waals surface area contributed by atoms with Crippen molar-refractivity contribution in [1.29, 1.82) is 5.26 Å². The van der Waals surface area contributed by atoms with Crippen LogP contribution < -0.4 is 0 Å². The molecule has 0 aliphatic heterocycles. The van der Waals surface area contributed by atoms with Crippen LogP contribution in [0.5, 0.6) is 0 Å². The van der Waals surface area contributed by atoms with Gasteiger partial charge in [0.25, 0.3) is 0 Å². The zero-order chi connectivity index (χ0) is 12.3. The van der Waals surface area contributed by atoms with Gasteiger partial charge in [0.2, 0.25) is 0 Å². The molecule has 0 N–H and O–H groups in total. The maximum atomic E-state index is 8.83. The molecule has 0 bridgehead atoms. The second-order valence-electron chi connectivity index (χ2n) is 4.29. The van der Waals surface area contributed by atoms with Gasteiger partial charge in [-0.25, -0.2) is 4.98 Å². The third-order valence-corrected chi connectivity index (χ3v) is 3.39. The summed E-state index contributed by atoms with van der Waals surface area (Å²) in [6.07, 6.45) is 9.60. The number of hydrogen-bond donors (Lipinski definition) is 0. The molecule has 1 aliphatic carbocycles. The molecule has 0 spiro atoms. The molecule has 0 radical (unpaired) electrons. The average molecular weight is 248 g/mol. The molecule has 88 valence electrons. The van der Waals surface area contributed by atoms with Crippen LogP contribution in [0.3, 0.4) is 0 Å². The van der Waals surface area contributed by atoms with Gasteiger partial charge in [-0.15, -0.1) is 11.6 Å². The molecule has 1 aromatic heterocycles. The number of nitriles is 1. The molecule has 0 fully saturated rings. The average Bonchev–Trinajstić information content (AvgIpc) is 2.79. The SMILES string of the molecule is CC1C=C(C#N)C=CC1Cn1cncc1CCl. The summed E-state index contributed by atoms with van der Waals surface area (Å²) in [7, 11) is 0. The summed E-state index contributed by atoms with van der Waals surface area (Å²) in [5, 5.41) is 8.83. The van der Waals surface area contributed by atoms with Gasteiger partial charge in [-0.05, 0) is 12.0 Å². The largest absolute Gasteiger partial charge is 0.333 e. The molecule has 3 nitrogen and oxygen atoms in total. The molecule has 1 aromatic rings. The topological polar surface area (TPSA) is 41.6 Å². The standard InChI is InChI=1S/C13H14ClN3/c1-10-4-11(6-15)2-3-12(10)8-17-9-16-7-13(17)5-14/h2-4,7,9-10,12H,5,8H2,1H3. The van der Waals surface area contributed by atoms with E-state index in [1.165, 1.54) is 0 Å². The smallest absolute Gasteiger partial charge is 0.0988 e. The lowest BCUT2D eigenvalue weighted by Gasteiger charge is -2.22. The van der Waals surface area contributed by atoms with Crippen molar-refractivity contribution in [1.82, 2.24) is 9.55 Å². The van der Waals surface area contributed by atoms with Crippen LogP contribution in [0.2, 0.25) is 0 Å². The number of aromatic nitrogens is 2. The third kappa shape index (κ3) is 2.59. The monoisotopic (exact) mass is 247 g/mol. The molecule has 0 saturated heterocycles. The second kappa shape index (κ2) is 5.20. The number of halogens is 1. The Morgan fingerprint density at radius 2 is 2.41 bits per heavy atom. The Morgan fingerprint density at radius 1 is 1.59 bits per heavy atom. The van der Waals surface area contributed by atoms with Gasteiger partial charge >= 0.3 is 0 Å². The first-order valence-corrected chi connectivity index (χ1v) is 6.13. The minimum absolute atomic E-state index is 0.361. The summed E-state index contributed by atoms with van der Waals surface area (Å²) in [6.45, 7) is 2.98. The quantitative estimate of drug-likeness (QED) is 0.771. The number of nitrogens with zero attached hydrogens (tertiary/aromatic N) is 3. The maximum Gasteiger partial charge on any atom is 0.0988 e. The van der Waals surface area contributed by atoms with Crippen molar-refractivity contribution in [3.63, 3.8) is 0 Å².